The average Bonchev–Trinajstić information content (AvgIpc) is 2.47. The van der Waals surface area contributed by atoms with Crippen molar-refractivity contribution in [3.8, 4) is 0 Å². The summed E-state index contributed by atoms with van der Waals surface area (Å²) in [7, 11) is 4.20. The van der Waals surface area contributed by atoms with Gasteiger partial charge in [-0.25, -0.2) is 0 Å². The standard InChI is InChI=1S/C16H26N4O/c1-13-10-17-7-4-14(13)11-18-16(21)12-20(3)15-5-8-19(2)9-6-15/h4,7,10,15H,5-6,8-9,11-12H2,1-3H3,(H,18,21). The van der Waals surface area contributed by atoms with Crippen LogP contribution in [-0.4, -0.2) is 60.5 Å². The number of piperidine rings is 1. The van der Waals surface area contributed by atoms with Crippen LogP contribution >= 0.6 is 0 Å². The minimum atomic E-state index is 0.0904. The largest absolute Gasteiger partial charge is 0.351 e. The van der Waals surface area contributed by atoms with Gasteiger partial charge in [0.2, 0.25) is 5.91 Å². The summed E-state index contributed by atoms with van der Waals surface area (Å²) in [5.41, 5.74) is 2.24. The van der Waals surface area contributed by atoms with Gasteiger partial charge < -0.3 is 10.2 Å². The molecule has 1 aliphatic heterocycles. The van der Waals surface area contributed by atoms with Crippen molar-refractivity contribution in [2.75, 3.05) is 33.7 Å². The van der Waals surface area contributed by atoms with Gasteiger partial charge in [0, 0.05) is 25.0 Å². The van der Waals surface area contributed by atoms with E-state index in [2.05, 4.69) is 27.1 Å². The van der Waals surface area contributed by atoms with Gasteiger partial charge in [-0.3, -0.25) is 14.7 Å². The maximum Gasteiger partial charge on any atom is 0.234 e. The smallest absolute Gasteiger partial charge is 0.234 e. The molecule has 1 aromatic heterocycles. The molecule has 1 amide bonds. The minimum absolute atomic E-state index is 0.0904. The van der Waals surface area contributed by atoms with E-state index in [4.69, 9.17) is 0 Å². The highest BCUT2D eigenvalue weighted by molar-refractivity contribution is 5.78. The summed E-state index contributed by atoms with van der Waals surface area (Å²) < 4.78 is 0. The summed E-state index contributed by atoms with van der Waals surface area (Å²) in [6.45, 7) is 5.30. The predicted octanol–water partition coefficient (Wildman–Crippen LogP) is 1.03. The van der Waals surface area contributed by atoms with Crippen molar-refractivity contribution in [3.05, 3.63) is 29.6 Å². The zero-order valence-corrected chi connectivity index (χ0v) is 13.3. The number of carbonyl (C=O) groups excluding carboxylic acids is 1. The van der Waals surface area contributed by atoms with Crippen LogP contribution in [0.25, 0.3) is 0 Å². The second kappa shape index (κ2) is 7.52. The molecule has 5 nitrogen and oxygen atoms in total. The average molecular weight is 290 g/mol. The quantitative estimate of drug-likeness (QED) is 0.880. The number of aryl methyl sites for hydroxylation is 1. The molecule has 0 saturated carbocycles. The molecule has 1 aromatic rings. The third-order valence-electron chi connectivity index (χ3n) is 4.32. The summed E-state index contributed by atoms with van der Waals surface area (Å²) in [6.07, 6.45) is 5.87. The van der Waals surface area contributed by atoms with E-state index in [1.807, 2.05) is 26.2 Å². The van der Waals surface area contributed by atoms with Gasteiger partial charge in [0.25, 0.3) is 0 Å². The first-order chi connectivity index (χ1) is 10.1. The van der Waals surface area contributed by atoms with Crippen molar-refractivity contribution >= 4 is 5.91 Å². The van der Waals surface area contributed by atoms with Gasteiger partial charge in [0.05, 0.1) is 6.54 Å². The molecule has 21 heavy (non-hydrogen) atoms. The van der Waals surface area contributed by atoms with Gasteiger partial charge in [0.15, 0.2) is 0 Å². The Morgan fingerprint density at radius 1 is 1.48 bits per heavy atom. The molecule has 0 aromatic carbocycles. The Morgan fingerprint density at radius 2 is 2.19 bits per heavy atom. The van der Waals surface area contributed by atoms with Crippen LogP contribution in [0, 0.1) is 6.92 Å². The zero-order valence-electron chi connectivity index (χ0n) is 13.3. The molecule has 1 fully saturated rings. The van der Waals surface area contributed by atoms with Gasteiger partial charge in [-0.1, -0.05) is 0 Å². The third-order valence-corrected chi connectivity index (χ3v) is 4.32. The first-order valence-corrected chi connectivity index (χ1v) is 7.61. The molecule has 1 N–H and O–H groups in total. The third kappa shape index (κ3) is 4.79. The number of hydrogen-bond donors (Lipinski definition) is 1. The molecular formula is C16H26N4O. The van der Waals surface area contributed by atoms with E-state index in [-0.39, 0.29) is 5.91 Å². The van der Waals surface area contributed by atoms with Gasteiger partial charge in [0.1, 0.15) is 0 Å². The number of aromatic nitrogens is 1. The molecule has 116 valence electrons. The Kier molecular flexibility index (Phi) is 5.70. The van der Waals surface area contributed by atoms with Gasteiger partial charge in [-0.05, 0) is 64.1 Å². The van der Waals surface area contributed by atoms with Gasteiger partial charge in [-0.2, -0.15) is 0 Å². The summed E-state index contributed by atoms with van der Waals surface area (Å²) >= 11 is 0. The zero-order chi connectivity index (χ0) is 15.2. The molecule has 2 rings (SSSR count). The van der Waals surface area contributed by atoms with Crippen LogP contribution in [0.4, 0.5) is 0 Å². The van der Waals surface area contributed by atoms with Crippen LogP contribution in [0.3, 0.4) is 0 Å². The monoisotopic (exact) mass is 290 g/mol. The number of nitrogens with zero attached hydrogens (tertiary/aromatic N) is 3. The lowest BCUT2D eigenvalue weighted by Crippen LogP contribution is -2.45. The van der Waals surface area contributed by atoms with E-state index < -0.39 is 0 Å². The number of carbonyl (C=O) groups is 1. The Labute approximate surface area is 127 Å². The lowest BCUT2D eigenvalue weighted by molar-refractivity contribution is -0.122. The first kappa shape index (κ1) is 15.9. The Hall–Kier alpha value is -1.46. The Morgan fingerprint density at radius 3 is 2.86 bits per heavy atom. The minimum Gasteiger partial charge on any atom is -0.351 e. The molecule has 0 spiro atoms. The highest BCUT2D eigenvalue weighted by atomic mass is 16.2. The van der Waals surface area contributed by atoms with Crippen molar-refractivity contribution in [3.63, 3.8) is 0 Å². The van der Waals surface area contributed by atoms with E-state index in [9.17, 15) is 4.79 Å². The van der Waals surface area contributed by atoms with Crippen molar-refractivity contribution in [1.82, 2.24) is 20.1 Å². The van der Waals surface area contributed by atoms with E-state index >= 15 is 0 Å². The molecule has 0 bridgehead atoms. The van der Waals surface area contributed by atoms with Gasteiger partial charge >= 0.3 is 0 Å². The van der Waals surface area contributed by atoms with Crippen LogP contribution < -0.4 is 5.32 Å². The molecule has 0 unspecified atom stereocenters. The van der Waals surface area contributed by atoms with Crippen molar-refractivity contribution < 1.29 is 4.79 Å². The van der Waals surface area contributed by atoms with E-state index in [1.54, 1.807) is 6.20 Å². The van der Waals surface area contributed by atoms with Crippen molar-refractivity contribution in [2.24, 2.45) is 0 Å². The van der Waals surface area contributed by atoms with E-state index in [0.29, 0.717) is 19.1 Å². The molecule has 0 radical (unpaired) electrons. The summed E-state index contributed by atoms with van der Waals surface area (Å²) in [6, 6.07) is 2.48. The maximum atomic E-state index is 12.1. The first-order valence-electron chi connectivity index (χ1n) is 7.61. The number of hydrogen-bond acceptors (Lipinski definition) is 4. The molecule has 1 aliphatic rings. The van der Waals surface area contributed by atoms with Crippen LogP contribution in [0.15, 0.2) is 18.5 Å². The van der Waals surface area contributed by atoms with Crippen molar-refractivity contribution in [1.29, 1.82) is 0 Å². The fraction of sp³-hybridized carbons (Fsp3) is 0.625. The normalized spacial score (nSPS) is 17.1. The van der Waals surface area contributed by atoms with Crippen LogP contribution in [-0.2, 0) is 11.3 Å². The second-order valence-corrected chi connectivity index (χ2v) is 6.03. The van der Waals surface area contributed by atoms with Crippen LogP contribution in [0.2, 0.25) is 0 Å². The summed E-state index contributed by atoms with van der Waals surface area (Å²) in [5, 5.41) is 3.00. The van der Waals surface area contributed by atoms with Crippen LogP contribution in [0.5, 0.6) is 0 Å². The Balaban J connectivity index is 1.75. The maximum absolute atomic E-state index is 12.1. The molecule has 1 saturated heterocycles. The number of pyridine rings is 1. The highest BCUT2D eigenvalue weighted by Crippen LogP contribution is 2.13. The Bertz CT molecular complexity index is 469. The van der Waals surface area contributed by atoms with E-state index in [1.165, 1.54) is 0 Å². The molecule has 5 heteroatoms. The molecular weight excluding hydrogens is 264 g/mol. The second-order valence-electron chi connectivity index (χ2n) is 6.03. The fourth-order valence-electron chi connectivity index (χ4n) is 2.74. The van der Waals surface area contributed by atoms with Gasteiger partial charge in [-0.15, -0.1) is 0 Å². The number of amides is 1. The number of likely N-dealkylation sites (N-methyl/N-ethyl adjacent to an activating group) is 1. The summed E-state index contributed by atoms with van der Waals surface area (Å²) in [5.74, 6) is 0.0904. The number of nitrogens with one attached hydrogen (secondary N) is 1. The topological polar surface area (TPSA) is 48.5 Å². The van der Waals surface area contributed by atoms with E-state index in [0.717, 1.165) is 37.1 Å². The highest BCUT2D eigenvalue weighted by Gasteiger charge is 2.21. The lowest BCUT2D eigenvalue weighted by Gasteiger charge is -2.34. The predicted molar refractivity (Wildman–Crippen MR) is 84.0 cm³/mol. The van der Waals surface area contributed by atoms with Crippen LogP contribution in [0.1, 0.15) is 24.0 Å². The molecule has 2 heterocycles. The van der Waals surface area contributed by atoms with Crippen molar-refractivity contribution in [2.45, 2.75) is 32.4 Å². The summed E-state index contributed by atoms with van der Waals surface area (Å²) in [4.78, 5) is 20.7. The number of likely N-dealkylation sites (tertiary alicyclic amines) is 1. The lowest BCUT2D eigenvalue weighted by atomic mass is 10.0. The fourth-order valence-corrected chi connectivity index (χ4v) is 2.74. The molecule has 0 aliphatic carbocycles. The SMILES string of the molecule is Cc1cnccc1CNC(=O)CN(C)C1CCN(C)CC1. The molecule has 0 atom stereocenters. The number of rotatable bonds is 5.